The fourth-order valence-corrected chi connectivity index (χ4v) is 5.96. The fraction of sp³-hybridized carbons (Fsp3) is 0.303. The van der Waals surface area contributed by atoms with Crippen LogP contribution in [-0.2, 0) is 38.4 Å². The topological polar surface area (TPSA) is 211 Å². The molecule has 14 heteroatoms. The summed E-state index contributed by atoms with van der Waals surface area (Å²) in [6.45, 7) is 0. The van der Waals surface area contributed by atoms with Crippen LogP contribution in [0.25, 0.3) is 21.8 Å². The van der Waals surface area contributed by atoms with Crippen molar-refractivity contribution in [3.05, 3.63) is 90.3 Å². The Labute approximate surface area is 274 Å². The molecule has 3 heterocycles. The summed E-state index contributed by atoms with van der Waals surface area (Å²) in [5, 5.41) is 19.9. The number of fused-ring (bicyclic) bond motifs is 2. The van der Waals surface area contributed by atoms with Crippen molar-refractivity contribution in [2.75, 3.05) is 12.0 Å². The summed E-state index contributed by atoms with van der Waals surface area (Å²) in [6.07, 6.45) is 8.92. The molecule has 0 fully saturated rings. The highest BCUT2D eigenvalue weighted by atomic mass is 32.2. The number of carbonyl (C=O) groups excluding carboxylic acids is 3. The third kappa shape index (κ3) is 8.40. The molecule has 0 aliphatic carbocycles. The van der Waals surface area contributed by atoms with Gasteiger partial charge in [0.15, 0.2) is 0 Å². The average molecular weight is 659 g/mol. The Hall–Kier alpha value is -5.08. The van der Waals surface area contributed by atoms with Gasteiger partial charge in [0.05, 0.1) is 12.4 Å². The lowest BCUT2D eigenvalue weighted by Gasteiger charge is -2.25. The Kier molecular flexibility index (Phi) is 11.0. The zero-order valence-electron chi connectivity index (χ0n) is 25.8. The van der Waals surface area contributed by atoms with Crippen LogP contribution in [-0.4, -0.2) is 84.9 Å². The molecule has 5 rings (SSSR count). The van der Waals surface area contributed by atoms with Gasteiger partial charge < -0.3 is 41.7 Å². The van der Waals surface area contributed by atoms with Crippen LogP contribution in [0.15, 0.2) is 73.4 Å². The molecule has 0 spiro atoms. The monoisotopic (exact) mass is 658 g/mol. The summed E-state index contributed by atoms with van der Waals surface area (Å²) in [7, 11) is 0. The highest BCUT2D eigenvalue weighted by Crippen LogP contribution is 2.21. The summed E-state index contributed by atoms with van der Waals surface area (Å²) in [4.78, 5) is 66.3. The number of thioether (sulfide) groups is 1. The van der Waals surface area contributed by atoms with E-state index in [9.17, 15) is 24.3 Å². The van der Waals surface area contributed by atoms with Crippen LogP contribution < -0.4 is 21.7 Å². The van der Waals surface area contributed by atoms with Crippen LogP contribution in [0, 0.1) is 0 Å². The molecule has 2 aromatic carbocycles. The number of H-pyrrole nitrogens is 3. The Morgan fingerprint density at radius 1 is 0.787 bits per heavy atom. The number of carbonyl (C=O) groups is 4. The summed E-state index contributed by atoms with van der Waals surface area (Å²) < 4.78 is 0. The third-order valence-corrected chi connectivity index (χ3v) is 8.67. The molecule has 9 N–H and O–H groups in total. The number of hydrogen-bond donors (Lipinski definition) is 8. The fourth-order valence-electron chi connectivity index (χ4n) is 5.47. The van der Waals surface area contributed by atoms with Gasteiger partial charge in [-0.1, -0.05) is 36.4 Å². The molecular weight excluding hydrogens is 620 g/mol. The van der Waals surface area contributed by atoms with E-state index in [1.54, 1.807) is 24.2 Å². The molecule has 3 aromatic heterocycles. The molecule has 4 atom stereocenters. The van der Waals surface area contributed by atoms with Gasteiger partial charge in [-0.3, -0.25) is 14.4 Å². The minimum Gasteiger partial charge on any atom is -0.480 e. The van der Waals surface area contributed by atoms with E-state index in [2.05, 4.69) is 35.9 Å². The van der Waals surface area contributed by atoms with Crippen LogP contribution in [0.2, 0.25) is 0 Å². The number of nitrogens with two attached hydrogens (primary N) is 1. The number of aliphatic carboxylic acids is 1. The number of rotatable bonds is 16. The number of hydrogen-bond acceptors (Lipinski definition) is 7. The van der Waals surface area contributed by atoms with Crippen molar-refractivity contribution < 1.29 is 24.3 Å². The Morgan fingerprint density at radius 2 is 1.32 bits per heavy atom. The number of para-hydroxylation sites is 2. The molecule has 0 radical (unpaired) electrons. The number of carboxylic acid groups (broad SMARTS) is 1. The molecule has 246 valence electrons. The number of imidazole rings is 1. The molecule has 4 unspecified atom stereocenters. The molecule has 0 aliphatic heterocycles. The number of benzene rings is 2. The van der Waals surface area contributed by atoms with Crippen molar-refractivity contribution in [1.82, 2.24) is 35.9 Å². The van der Waals surface area contributed by atoms with Gasteiger partial charge in [-0.2, -0.15) is 11.8 Å². The van der Waals surface area contributed by atoms with Crippen molar-refractivity contribution in [3.63, 3.8) is 0 Å². The minimum atomic E-state index is -1.29. The van der Waals surface area contributed by atoms with E-state index >= 15 is 0 Å². The first kappa shape index (κ1) is 33.3. The number of carboxylic acids is 1. The van der Waals surface area contributed by atoms with E-state index in [0.29, 0.717) is 17.9 Å². The lowest BCUT2D eigenvalue weighted by molar-refractivity contribution is -0.142. The highest BCUT2D eigenvalue weighted by molar-refractivity contribution is 7.98. The van der Waals surface area contributed by atoms with Crippen LogP contribution in [0.5, 0.6) is 0 Å². The molecule has 5 aromatic rings. The van der Waals surface area contributed by atoms with Gasteiger partial charge in [0.1, 0.15) is 18.1 Å². The van der Waals surface area contributed by atoms with Gasteiger partial charge in [-0.25, -0.2) is 9.78 Å². The van der Waals surface area contributed by atoms with Crippen molar-refractivity contribution in [2.45, 2.75) is 49.9 Å². The highest BCUT2D eigenvalue weighted by Gasteiger charge is 2.32. The number of aromatic amines is 3. The van der Waals surface area contributed by atoms with Gasteiger partial charge >= 0.3 is 5.97 Å². The van der Waals surface area contributed by atoms with Gasteiger partial charge in [-0.15, -0.1) is 0 Å². The minimum absolute atomic E-state index is 0.0397. The zero-order chi connectivity index (χ0) is 33.3. The molecule has 0 bridgehead atoms. The molecule has 3 amide bonds. The predicted octanol–water partition coefficient (Wildman–Crippen LogP) is 2.02. The number of nitrogens with one attached hydrogen (secondary N) is 6. The van der Waals surface area contributed by atoms with Crippen molar-refractivity contribution in [1.29, 1.82) is 0 Å². The standard InChI is InChI=1S/C33H38N8O5S/c1-47-11-10-24(34)30(42)39-27(12-19-15-36-25-8-4-2-6-22(19)25)31(43)40-28(13-20-16-37-26-9-5-3-7-23(20)26)32(44)41-29(33(45)46)14-21-17-35-18-38-21/h2-9,15-18,24,27-29,36-37H,10-14,34H2,1H3,(H,35,38)(H,39,42)(H,40,43)(H,41,44)(H,45,46). The van der Waals surface area contributed by atoms with Crippen LogP contribution in [0.4, 0.5) is 0 Å². The summed E-state index contributed by atoms with van der Waals surface area (Å²) >= 11 is 1.56. The summed E-state index contributed by atoms with van der Waals surface area (Å²) in [5.41, 5.74) is 9.94. The second-order valence-electron chi connectivity index (χ2n) is 11.3. The second-order valence-corrected chi connectivity index (χ2v) is 12.3. The maximum atomic E-state index is 14.1. The first-order valence-corrected chi connectivity index (χ1v) is 16.6. The Balaban J connectivity index is 1.42. The van der Waals surface area contributed by atoms with E-state index in [-0.39, 0.29) is 19.3 Å². The molecule has 0 saturated heterocycles. The van der Waals surface area contributed by atoms with Gasteiger partial charge in [-0.05, 0) is 41.7 Å². The first-order chi connectivity index (χ1) is 22.7. The number of amides is 3. The number of aromatic nitrogens is 4. The normalized spacial score (nSPS) is 13.9. The SMILES string of the molecule is CSCCC(N)C(=O)NC(Cc1c[nH]c2ccccc12)C(=O)NC(Cc1c[nH]c2ccccc12)C(=O)NC(Cc1cnc[nH]1)C(=O)O. The summed E-state index contributed by atoms with van der Waals surface area (Å²) in [6, 6.07) is 10.8. The zero-order valence-corrected chi connectivity index (χ0v) is 26.6. The molecule has 0 saturated carbocycles. The van der Waals surface area contributed by atoms with E-state index in [1.165, 1.54) is 12.5 Å². The van der Waals surface area contributed by atoms with E-state index < -0.39 is 47.9 Å². The molecule has 47 heavy (non-hydrogen) atoms. The maximum absolute atomic E-state index is 14.1. The average Bonchev–Trinajstić information content (AvgIpc) is 3.83. The van der Waals surface area contributed by atoms with Crippen molar-refractivity contribution in [2.24, 2.45) is 5.73 Å². The van der Waals surface area contributed by atoms with Crippen molar-refractivity contribution in [3.8, 4) is 0 Å². The molecule has 0 aliphatic rings. The second kappa shape index (κ2) is 15.5. The maximum Gasteiger partial charge on any atom is 0.326 e. The lowest BCUT2D eigenvalue weighted by atomic mass is 10.0. The van der Waals surface area contributed by atoms with Crippen LogP contribution in [0.1, 0.15) is 23.2 Å². The van der Waals surface area contributed by atoms with Crippen LogP contribution in [0.3, 0.4) is 0 Å². The number of nitrogens with zero attached hydrogens (tertiary/aromatic N) is 1. The Morgan fingerprint density at radius 3 is 1.83 bits per heavy atom. The first-order valence-electron chi connectivity index (χ1n) is 15.2. The predicted molar refractivity (Wildman–Crippen MR) is 181 cm³/mol. The van der Waals surface area contributed by atoms with Gasteiger partial charge in [0.25, 0.3) is 0 Å². The quantitative estimate of drug-likeness (QED) is 0.0784. The van der Waals surface area contributed by atoms with Crippen LogP contribution >= 0.6 is 11.8 Å². The molecular formula is C33H38N8O5S. The Bertz CT molecular complexity index is 1830. The van der Waals surface area contributed by atoms with Gasteiger partial charge in [0.2, 0.25) is 17.7 Å². The van der Waals surface area contributed by atoms with E-state index in [1.807, 2.05) is 54.8 Å². The van der Waals surface area contributed by atoms with Crippen molar-refractivity contribution >= 4 is 57.3 Å². The summed E-state index contributed by atoms with van der Waals surface area (Å²) in [5.74, 6) is -2.36. The lowest BCUT2D eigenvalue weighted by Crippen LogP contribution is -2.58. The van der Waals surface area contributed by atoms with E-state index in [4.69, 9.17) is 5.73 Å². The smallest absolute Gasteiger partial charge is 0.326 e. The third-order valence-electron chi connectivity index (χ3n) is 8.03. The van der Waals surface area contributed by atoms with E-state index in [0.717, 1.165) is 32.9 Å². The largest absolute Gasteiger partial charge is 0.480 e. The molecule has 13 nitrogen and oxygen atoms in total. The van der Waals surface area contributed by atoms with Gasteiger partial charge in [0, 0.05) is 65.4 Å².